The van der Waals surface area contributed by atoms with Crippen molar-refractivity contribution in [3.05, 3.63) is 53.1 Å². The fraction of sp³-hybridized carbons (Fsp3) is 0.704. The van der Waals surface area contributed by atoms with E-state index in [0.29, 0.717) is 75.7 Å². The van der Waals surface area contributed by atoms with Crippen LogP contribution in [0.25, 0.3) is 6.08 Å². The van der Waals surface area contributed by atoms with Crippen molar-refractivity contribution >= 4 is 29.5 Å². The number of fused-ring (bicyclic) bond motifs is 3. The Balaban J connectivity index is 1.44. The molecule has 13 unspecified atom stereocenters. The highest BCUT2D eigenvalue weighted by molar-refractivity contribution is 6.39. The number of hydrogen-bond acceptors (Lipinski definition) is 13. The minimum Gasteiger partial charge on any atom is -0.497 e. The number of cyclic esters (lactones) is 1. The number of allylic oxidation sites excluding steroid dienone is 3. The highest BCUT2D eigenvalue weighted by Gasteiger charge is 2.56. The van der Waals surface area contributed by atoms with Crippen molar-refractivity contribution in [2.45, 2.75) is 173 Å². The molecule has 1 saturated carbocycles. The summed E-state index contributed by atoms with van der Waals surface area (Å²) < 4.78 is 41.4. The molecule has 1 aliphatic carbocycles. The monoisotopic (exact) mass is 952 g/mol. The van der Waals surface area contributed by atoms with Gasteiger partial charge in [-0.15, -0.1) is 0 Å². The van der Waals surface area contributed by atoms with Gasteiger partial charge in [0.1, 0.15) is 35.5 Å². The number of aliphatic hydroxyl groups is 2. The molecule has 4 aliphatic rings. The number of benzene rings is 1. The molecule has 380 valence electrons. The number of amides is 1. The summed E-state index contributed by atoms with van der Waals surface area (Å²) in [6.07, 6.45) is 11.0. The van der Waals surface area contributed by atoms with Crippen LogP contribution < -0.4 is 9.47 Å². The number of carbonyl (C=O) groups excluding carboxylic acids is 4. The predicted molar refractivity (Wildman–Crippen MR) is 259 cm³/mol. The molecule has 1 amide bonds. The number of esters is 1. The Bertz CT molecular complexity index is 1960. The van der Waals surface area contributed by atoms with Crippen LogP contribution in [0.2, 0.25) is 0 Å². The van der Waals surface area contributed by atoms with Crippen LogP contribution in [-0.4, -0.2) is 129 Å². The van der Waals surface area contributed by atoms with Gasteiger partial charge in [-0.3, -0.25) is 14.4 Å². The number of nitrogens with zero attached hydrogens (tertiary/aromatic N) is 1. The van der Waals surface area contributed by atoms with Crippen LogP contribution in [0.4, 0.5) is 0 Å². The van der Waals surface area contributed by atoms with Gasteiger partial charge in [-0.25, -0.2) is 4.79 Å². The molecule has 3 heterocycles. The number of hydrogen-bond donors (Lipinski definition) is 2. The van der Waals surface area contributed by atoms with Crippen molar-refractivity contribution in [1.29, 1.82) is 0 Å². The fourth-order valence-corrected chi connectivity index (χ4v) is 11.1. The van der Waals surface area contributed by atoms with Crippen LogP contribution in [0.15, 0.2) is 47.6 Å². The smallest absolute Gasteiger partial charge is 0.329 e. The second-order valence-electron chi connectivity index (χ2n) is 20.2. The van der Waals surface area contributed by atoms with Crippen molar-refractivity contribution in [2.75, 3.05) is 42.1 Å². The summed E-state index contributed by atoms with van der Waals surface area (Å²) in [5.41, 5.74) is 1.61. The molecule has 1 aromatic rings. The summed E-state index contributed by atoms with van der Waals surface area (Å²) >= 11 is 0. The molecule has 68 heavy (non-hydrogen) atoms. The zero-order chi connectivity index (χ0) is 49.9. The normalized spacial score (nSPS) is 36.3. The maximum absolute atomic E-state index is 14.5. The third-order valence-corrected chi connectivity index (χ3v) is 15.2. The maximum Gasteiger partial charge on any atom is 0.329 e. The van der Waals surface area contributed by atoms with E-state index in [9.17, 15) is 29.4 Å². The van der Waals surface area contributed by atoms with Gasteiger partial charge in [-0.05, 0) is 132 Å². The molecule has 13 atom stereocenters. The average molecular weight is 952 g/mol. The molecule has 2 N–H and O–H groups in total. The Hall–Kier alpha value is -3.92. The quantitative estimate of drug-likeness (QED) is 0.124. The first kappa shape index (κ1) is 55.0. The standard InChI is InChI=1S/C54H81NO13/c1-12-40-25-33(2)24-34(3)26-45(64-9)49-46(65-10)28-37(6)54(61,68-49)50(57)51(58)55-23-14-13-17-43(55)52(59)67-48(35(4)18-19-44(40)56)36(5)27-39-20-22-53(60,47(31-39)66-11)21-15-16-38-29-41(62-7)32-42(30-38)63-8/h15-16,25,27,29-30,32,34-35,37,39-40,43,45-49,60-61H,12-14,17-24,26,28,31H2,1-11H3/b16-15?,33-25+,36-27?. The van der Waals surface area contributed by atoms with Crippen LogP contribution in [-0.2, 0) is 42.9 Å². The van der Waals surface area contributed by atoms with Gasteiger partial charge in [-0.2, -0.15) is 0 Å². The summed E-state index contributed by atoms with van der Waals surface area (Å²) in [5.74, 6) is -5.19. The van der Waals surface area contributed by atoms with Crippen LogP contribution in [0, 0.1) is 29.6 Å². The first-order valence-electron chi connectivity index (χ1n) is 24.9. The molecule has 3 fully saturated rings. The van der Waals surface area contributed by atoms with Crippen molar-refractivity contribution in [3.63, 3.8) is 0 Å². The fourth-order valence-electron chi connectivity index (χ4n) is 11.1. The second kappa shape index (κ2) is 24.8. The van der Waals surface area contributed by atoms with Crippen LogP contribution in [0.1, 0.15) is 131 Å². The van der Waals surface area contributed by atoms with Gasteiger partial charge in [-0.1, -0.05) is 57.6 Å². The molecular formula is C54H81NO13. The van der Waals surface area contributed by atoms with Crippen LogP contribution >= 0.6 is 0 Å². The lowest BCUT2D eigenvalue weighted by Gasteiger charge is -2.47. The lowest BCUT2D eigenvalue weighted by atomic mass is 9.74. The number of carbonyl (C=O) groups is 4. The summed E-state index contributed by atoms with van der Waals surface area (Å²) in [5, 5.41) is 24.1. The average Bonchev–Trinajstić information content (AvgIpc) is 3.33. The lowest BCUT2D eigenvalue weighted by Crippen LogP contribution is -2.64. The van der Waals surface area contributed by atoms with E-state index < -0.39 is 71.5 Å². The molecule has 14 nitrogen and oxygen atoms in total. The van der Waals surface area contributed by atoms with E-state index in [4.69, 9.17) is 33.2 Å². The van der Waals surface area contributed by atoms with Crippen LogP contribution in [0.3, 0.4) is 0 Å². The Morgan fingerprint density at radius 2 is 1.56 bits per heavy atom. The zero-order valence-corrected chi connectivity index (χ0v) is 42.6. The Morgan fingerprint density at radius 1 is 0.882 bits per heavy atom. The maximum atomic E-state index is 14.5. The molecule has 1 aromatic carbocycles. The van der Waals surface area contributed by atoms with E-state index in [0.717, 1.165) is 16.7 Å². The summed E-state index contributed by atoms with van der Waals surface area (Å²) in [6.45, 7) is 11.8. The minimum atomic E-state index is -2.49. The largest absolute Gasteiger partial charge is 0.497 e. The molecule has 3 aliphatic heterocycles. The van der Waals surface area contributed by atoms with Gasteiger partial charge in [0.05, 0.1) is 38.1 Å². The Morgan fingerprint density at radius 3 is 2.19 bits per heavy atom. The minimum absolute atomic E-state index is 0.0210. The van der Waals surface area contributed by atoms with Gasteiger partial charge in [0, 0.05) is 52.2 Å². The SMILES string of the molecule is CCC1/C=C(\C)CC(C)CC(OC)C2OC(O)(C(=O)C(=O)N3CCCCC3C(=O)OC(C(C)=CC3CCC(O)(CC=Cc4cc(OC)cc(OC)c4)C(OC)C3)C(C)CCC1=O)C(C)CC2OC. The van der Waals surface area contributed by atoms with Gasteiger partial charge in [0.25, 0.3) is 11.7 Å². The molecule has 2 saturated heterocycles. The molecule has 0 spiro atoms. The van der Waals surface area contributed by atoms with Crippen molar-refractivity contribution in [2.24, 2.45) is 29.6 Å². The Labute approximate surface area is 405 Å². The molecule has 14 heteroatoms. The van der Waals surface area contributed by atoms with E-state index in [-0.39, 0.29) is 55.3 Å². The van der Waals surface area contributed by atoms with Crippen molar-refractivity contribution in [3.8, 4) is 11.5 Å². The van der Waals surface area contributed by atoms with Gasteiger partial charge in [0.2, 0.25) is 5.79 Å². The zero-order valence-electron chi connectivity index (χ0n) is 42.6. The third-order valence-electron chi connectivity index (χ3n) is 15.2. The highest BCUT2D eigenvalue weighted by atomic mass is 16.7. The molecule has 0 radical (unpaired) electrons. The number of ketones is 2. The lowest BCUT2D eigenvalue weighted by molar-refractivity contribution is -0.302. The third kappa shape index (κ3) is 13.3. The van der Waals surface area contributed by atoms with Gasteiger partial charge < -0.3 is 48.3 Å². The van der Waals surface area contributed by atoms with Crippen LogP contribution in [0.5, 0.6) is 11.5 Å². The summed E-state index contributed by atoms with van der Waals surface area (Å²) in [6, 6.07) is 4.51. The number of piperidine rings is 1. The van der Waals surface area contributed by atoms with E-state index in [1.165, 1.54) is 4.90 Å². The highest BCUT2D eigenvalue weighted by Crippen LogP contribution is 2.41. The Kier molecular flexibility index (Phi) is 20.0. The van der Waals surface area contributed by atoms with Gasteiger partial charge in [0.15, 0.2) is 0 Å². The predicted octanol–water partition coefficient (Wildman–Crippen LogP) is 7.99. The number of ether oxygens (including phenoxy) is 7. The number of rotatable bonds is 11. The second-order valence-corrected chi connectivity index (χ2v) is 20.2. The molecule has 2 bridgehead atoms. The first-order valence-corrected chi connectivity index (χ1v) is 24.9. The number of methoxy groups -OCH3 is 5. The topological polar surface area (TPSA) is 177 Å². The van der Waals surface area contributed by atoms with Crippen molar-refractivity contribution in [1.82, 2.24) is 4.90 Å². The molecule has 0 aromatic heterocycles. The number of Topliss-reactive ketones (excluding diaryl/α,β-unsaturated/α-hetero) is 2. The van der Waals surface area contributed by atoms with E-state index in [1.807, 2.05) is 52.0 Å². The van der Waals surface area contributed by atoms with E-state index in [1.54, 1.807) is 48.5 Å². The van der Waals surface area contributed by atoms with E-state index >= 15 is 0 Å². The van der Waals surface area contributed by atoms with E-state index in [2.05, 4.69) is 19.1 Å². The van der Waals surface area contributed by atoms with Crippen molar-refractivity contribution < 1.29 is 62.5 Å². The first-order chi connectivity index (χ1) is 32.3. The summed E-state index contributed by atoms with van der Waals surface area (Å²) in [4.78, 5) is 58.5. The molecular weight excluding hydrogens is 871 g/mol. The van der Waals surface area contributed by atoms with Gasteiger partial charge >= 0.3 is 5.97 Å². The molecule has 5 rings (SSSR count). The summed E-state index contributed by atoms with van der Waals surface area (Å²) in [7, 11) is 7.91.